The van der Waals surface area contributed by atoms with Crippen molar-refractivity contribution in [1.82, 2.24) is 5.43 Å². The van der Waals surface area contributed by atoms with Crippen LogP contribution in [0.25, 0.3) is 0 Å². The third-order valence-corrected chi connectivity index (χ3v) is 3.22. The Labute approximate surface area is 153 Å². The second-order valence-corrected chi connectivity index (χ2v) is 5.09. The van der Waals surface area contributed by atoms with Gasteiger partial charge in [-0.1, -0.05) is 12.1 Å². The summed E-state index contributed by atoms with van der Waals surface area (Å²) in [5.41, 5.74) is 2.09. The largest absolute Gasteiger partial charge is 0.502 e. The van der Waals surface area contributed by atoms with Crippen LogP contribution in [0, 0.1) is 10.1 Å². The van der Waals surface area contributed by atoms with E-state index in [9.17, 15) is 24.8 Å². The van der Waals surface area contributed by atoms with Gasteiger partial charge >= 0.3 is 17.5 Å². The Bertz CT molecular complexity index is 897. The maximum atomic E-state index is 11.9. The first-order valence-corrected chi connectivity index (χ1v) is 7.76. The van der Waals surface area contributed by atoms with Crippen molar-refractivity contribution in [2.45, 2.75) is 6.92 Å². The lowest BCUT2D eigenvalue weighted by Gasteiger charge is -2.10. The Morgan fingerprint density at radius 1 is 1.26 bits per heavy atom. The molecule has 0 aliphatic rings. The number of benzene rings is 2. The molecule has 2 aromatic carbocycles. The maximum Gasteiger partial charge on any atom is 0.329 e. The maximum absolute atomic E-state index is 11.9. The van der Waals surface area contributed by atoms with Gasteiger partial charge in [0.25, 0.3) is 0 Å². The summed E-state index contributed by atoms with van der Waals surface area (Å²) in [7, 11) is 0. The van der Waals surface area contributed by atoms with Crippen LogP contribution in [0.1, 0.15) is 12.5 Å². The summed E-state index contributed by atoms with van der Waals surface area (Å²) < 4.78 is 5.35. The number of anilines is 1. The number of rotatable bonds is 6. The van der Waals surface area contributed by atoms with Gasteiger partial charge in [-0.15, -0.1) is 0 Å². The van der Waals surface area contributed by atoms with Crippen molar-refractivity contribution in [3.63, 3.8) is 0 Å². The summed E-state index contributed by atoms with van der Waals surface area (Å²) in [6.45, 7) is 2.18. The van der Waals surface area contributed by atoms with E-state index in [0.717, 1.165) is 18.3 Å². The summed E-state index contributed by atoms with van der Waals surface area (Å²) in [5, 5.41) is 26.1. The first-order valence-electron chi connectivity index (χ1n) is 7.76. The Kier molecular flexibility index (Phi) is 6.42. The minimum absolute atomic E-state index is 0.252. The molecule has 2 aromatic rings. The molecular weight excluding hydrogens is 356 g/mol. The number of nitro benzene ring substituents is 1. The third-order valence-electron chi connectivity index (χ3n) is 3.22. The van der Waals surface area contributed by atoms with E-state index in [-0.39, 0.29) is 5.56 Å². The predicted octanol–water partition coefficient (Wildman–Crippen LogP) is 1.79. The van der Waals surface area contributed by atoms with Crippen LogP contribution in [0.15, 0.2) is 47.6 Å². The van der Waals surface area contributed by atoms with Gasteiger partial charge in [-0.25, -0.2) is 5.43 Å². The van der Waals surface area contributed by atoms with E-state index in [0.29, 0.717) is 18.0 Å². The number of hydrogen-bond donors (Lipinski definition) is 3. The number of para-hydroxylation sites is 2. The Morgan fingerprint density at radius 2 is 2.00 bits per heavy atom. The molecule has 27 heavy (non-hydrogen) atoms. The molecule has 0 heterocycles. The van der Waals surface area contributed by atoms with Crippen LogP contribution < -0.4 is 15.5 Å². The SMILES string of the molecule is CCOc1ccccc1NC(=O)C(=O)N/N=C\c1ccc(O)c([N+](=O)[O-])c1. The van der Waals surface area contributed by atoms with Gasteiger partial charge < -0.3 is 15.2 Å². The molecule has 2 rings (SSSR count). The van der Waals surface area contributed by atoms with E-state index in [4.69, 9.17) is 4.74 Å². The number of nitrogens with one attached hydrogen (secondary N) is 2. The fraction of sp³-hybridized carbons (Fsp3) is 0.118. The standard InChI is InChI=1S/C17H16N4O6/c1-2-27-15-6-4-3-5-12(15)19-16(23)17(24)20-18-10-11-7-8-14(22)13(9-11)21(25)26/h3-10,22H,2H2,1H3,(H,19,23)(H,20,24)/b18-10-. The number of carbonyl (C=O) groups is 2. The smallest absolute Gasteiger partial charge is 0.329 e. The Morgan fingerprint density at radius 3 is 2.70 bits per heavy atom. The molecule has 0 unspecified atom stereocenters. The van der Waals surface area contributed by atoms with Crippen LogP contribution in [0.2, 0.25) is 0 Å². The zero-order valence-corrected chi connectivity index (χ0v) is 14.2. The first kappa shape index (κ1) is 19.4. The number of nitrogens with zero attached hydrogens (tertiary/aromatic N) is 2. The molecule has 0 spiro atoms. The lowest BCUT2D eigenvalue weighted by molar-refractivity contribution is -0.385. The van der Waals surface area contributed by atoms with Crippen molar-refractivity contribution in [2.75, 3.05) is 11.9 Å². The molecule has 0 aliphatic heterocycles. The lowest BCUT2D eigenvalue weighted by Crippen LogP contribution is -2.32. The number of nitro groups is 1. The summed E-state index contributed by atoms with van der Waals surface area (Å²) in [6, 6.07) is 10.2. The number of amides is 2. The van der Waals surface area contributed by atoms with Crippen LogP contribution in [0.3, 0.4) is 0 Å². The molecule has 0 fully saturated rings. The minimum Gasteiger partial charge on any atom is -0.502 e. The quantitative estimate of drug-likeness (QED) is 0.305. The van der Waals surface area contributed by atoms with Gasteiger partial charge in [0.05, 0.1) is 23.4 Å². The lowest BCUT2D eigenvalue weighted by atomic mass is 10.2. The second kappa shape index (κ2) is 8.94. The minimum atomic E-state index is -1.04. The summed E-state index contributed by atoms with van der Waals surface area (Å²) in [4.78, 5) is 33.7. The summed E-state index contributed by atoms with van der Waals surface area (Å²) in [5.74, 6) is -2.07. The van der Waals surface area contributed by atoms with Crippen molar-refractivity contribution in [1.29, 1.82) is 0 Å². The van der Waals surface area contributed by atoms with E-state index < -0.39 is 28.2 Å². The highest BCUT2D eigenvalue weighted by molar-refractivity contribution is 6.39. The van der Waals surface area contributed by atoms with Gasteiger partial charge in [0.1, 0.15) is 5.75 Å². The third kappa shape index (κ3) is 5.26. The van der Waals surface area contributed by atoms with Gasteiger partial charge in [-0.3, -0.25) is 19.7 Å². The molecular formula is C17H16N4O6. The normalized spacial score (nSPS) is 10.4. The van der Waals surface area contributed by atoms with E-state index in [1.807, 2.05) is 5.43 Å². The molecule has 0 saturated heterocycles. The highest BCUT2D eigenvalue weighted by Gasteiger charge is 2.16. The van der Waals surface area contributed by atoms with Crippen molar-refractivity contribution in [3.8, 4) is 11.5 Å². The zero-order chi connectivity index (χ0) is 19.8. The zero-order valence-electron chi connectivity index (χ0n) is 14.2. The molecule has 0 aliphatic carbocycles. The molecule has 140 valence electrons. The van der Waals surface area contributed by atoms with E-state index in [1.54, 1.807) is 31.2 Å². The number of phenolic OH excluding ortho intramolecular Hbond substituents is 1. The van der Waals surface area contributed by atoms with Crippen molar-refractivity contribution >= 4 is 29.4 Å². The monoisotopic (exact) mass is 372 g/mol. The van der Waals surface area contributed by atoms with Gasteiger partial charge in [0.15, 0.2) is 5.75 Å². The molecule has 0 saturated carbocycles. The number of hydrogen-bond acceptors (Lipinski definition) is 7. The number of phenols is 1. The highest BCUT2D eigenvalue weighted by atomic mass is 16.6. The molecule has 10 nitrogen and oxygen atoms in total. The molecule has 10 heteroatoms. The number of aromatic hydroxyl groups is 1. The van der Waals surface area contributed by atoms with Crippen LogP contribution in [-0.4, -0.2) is 34.7 Å². The van der Waals surface area contributed by atoms with E-state index in [1.165, 1.54) is 6.07 Å². The van der Waals surface area contributed by atoms with Crippen LogP contribution in [0.5, 0.6) is 11.5 Å². The highest BCUT2D eigenvalue weighted by Crippen LogP contribution is 2.25. The van der Waals surface area contributed by atoms with Crippen molar-refractivity contribution < 1.29 is 24.4 Å². The fourth-order valence-electron chi connectivity index (χ4n) is 2.01. The Hall–Kier alpha value is -3.95. The summed E-state index contributed by atoms with van der Waals surface area (Å²) >= 11 is 0. The molecule has 0 aromatic heterocycles. The van der Waals surface area contributed by atoms with Crippen LogP contribution in [-0.2, 0) is 9.59 Å². The van der Waals surface area contributed by atoms with Gasteiger partial charge in [0.2, 0.25) is 0 Å². The molecule has 0 bridgehead atoms. The van der Waals surface area contributed by atoms with Crippen molar-refractivity contribution in [2.24, 2.45) is 5.10 Å². The number of hydrazone groups is 1. The molecule has 0 radical (unpaired) electrons. The second-order valence-electron chi connectivity index (χ2n) is 5.09. The molecule has 0 atom stereocenters. The average molecular weight is 372 g/mol. The first-order chi connectivity index (χ1) is 12.9. The number of ether oxygens (including phenoxy) is 1. The van der Waals surface area contributed by atoms with Gasteiger partial charge in [-0.05, 0) is 31.2 Å². The predicted molar refractivity (Wildman–Crippen MR) is 96.7 cm³/mol. The van der Waals surface area contributed by atoms with Crippen LogP contribution in [0.4, 0.5) is 11.4 Å². The van der Waals surface area contributed by atoms with Crippen LogP contribution >= 0.6 is 0 Å². The average Bonchev–Trinajstić information content (AvgIpc) is 2.64. The fourth-order valence-corrected chi connectivity index (χ4v) is 2.01. The van der Waals surface area contributed by atoms with Gasteiger partial charge in [0, 0.05) is 11.6 Å². The van der Waals surface area contributed by atoms with E-state index in [2.05, 4.69) is 10.4 Å². The van der Waals surface area contributed by atoms with Gasteiger partial charge in [-0.2, -0.15) is 5.10 Å². The molecule has 2 amide bonds. The van der Waals surface area contributed by atoms with Crippen molar-refractivity contribution in [3.05, 3.63) is 58.1 Å². The number of carbonyl (C=O) groups excluding carboxylic acids is 2. The summed E-state index contributed by atoms with van der Waals surface area (Å²) in [6.07, 6.45) is 1.10. The molecule has 3 N–H and O–H groups in total. The Balaban J connectivity index is 1.99. The topological polar surface area (TPSA) is 143 Å². The van der Waals surface area contributed by atoms with E-state index >= 15 is 0 Å².